The minimum Gasteiger partial charge on any atom is -0.462 e. The fourth-order valence-electron chi connectivity index (χ4n) is 13.6. The van der Waals surface area contributed by atoms with Crippen molar-refractivity contribution in [1.82, 2.24) is 0 Å². The lowest BCUT2D eigenvalue weighted by molar-refractivity contribution is -0.198. The normalized spacial score (nSPS) is 40.2. The van der Waals surface area contributed by atoms with E-state index in [2.05, 4.69) is 60.6 Å². The van der Waals surface area contributed by atoms with Gasteiger partial charge < -0.3 is 18.9 Å². The Hall–Kier alpha value is -2.38. The predicted octanol–water partition coefficient (Wildman–Crippen LogP) is 9.03. The highest BCUT2D eigenvalue weighted by atomic mass is 16.6. The molecule has 0 bridgehead atoms. The second kappa shape index (κ2) is 14.5. The Morgan fingerprint density at radius 2 is 1.31 bits per heavy atom. The summed E-state index contributed by atoms with van der Waals surface area (Å²) in [5.41, 5.74) is 1.45. The van der Waals surface area contributed by atoms with Crippen LogP contribution in [0.2, 0.25) is 0 Å². The molecule has 0 aromatic rings. The minimum absolute atomic E-state index is 0.194. The number of ether oxygens (including phenoxy) is 4. The van der Waals surface area contributed by atoms with Crippen LogP contribution >= 0.6 is 0 Å². The molecule has 0 heterocycles. The van der Waals surface area contributed by atoms with Crippen LogP contribution in [0.15, 0.2) is 12.2 Å². The summed E-state index contributed by atoms with van der Waals surface area (Å²) in [6.45, 7) is 22.7. The van der Waals surface area contributed by atoms with Gasteiger partial charge in [0, 0.05) is 27.7 Å². The van der Waals surface area contributed by atoms with Crippen LogP contribution in [-0.4, -0.2) is 48.8 Å². The van der Waals surface area contributed by atoms with Gasteiger partial charge in [0.25, 0.3) is 0 Å². The molecule has 0 aromatic heterocycles. The Balaban J connectivity index is 1.34. The van der Waals surface area contributed by atoms with Crippen LogP contribution in [0.5, 0.6) is 0 Å². The third-order valence-electron chi connectivity index (χ3n) is 15.9. The van der Waals surface area contributed by atoms with Gasteiger partial charge in [0.2, 0.25) is 0 Å². The van der Waals surface area contributed by atoms with Crippen molar-refractivity contribution in [1.29, 1.82) is 0 Å². The van der Waals surface area contributed by atoms with Crippen LogP contribution in [0.3, 0.4) is 0 Å². The number of fused-ring (bicyclic) bond motifs is 7. The second-order valence-corrected chi connectivity index (χ2v) is 19.1. The number of esters is 4. The zero-order valence-electron chi connectivity index (χ0n) is 33.6. The van der Waals surface area contributed by atoms with Crippen molar-refractivity contribution in [3.05, 3.63) is 12.2 Å². The number of hydrogen-bond donors (Lipinski definition) is 0. The van der Waals surface area contributed by atoms with Gasteiger partial charge in [0.15, 0.2) is 12.2 Å². The van der Waals surface area contributed by atoms with Crippen molar-refractivity contribution in [3.63, 3.8) is 0 Å². The van der Waals surface area contributed by atoms with Crippen LogP contribution in [-0.2, 0) is 38.1 Å². The van der Waals surface area contributed by atoms with E-state index >= 15 is 0 Å². The molecule has 0 aliphatic heterocycles. The van der Waals surface area contributed by atoms with Gasteiger partial charge in [-0.1, -0.05) is 67.0 Å². The molecule has 0 unspecified atom stereocenters. The number of carbonyl (C=O) groups excluding carboxylic acids is 4. The van der Waals surface area contributed by atoms with Gasteiger partial charge in [0.1, 0.15) is 12.7 Å². The van der Waals surface area contributed by atoms with Gasteiger partial charge in [0.05, 0.1) is 0 Å². The smallest absolute Gasteiger partial charge is 0.303 e. The van der Waals surface area contributed by atoms with Gasteiger partial charge in [-0.05, 0) is 127 Å². The Bertz CT molecular complexity index is 1370. The first kappa shape index (κ1) is 39.8. The molecule has 4 fully saturated rings. The molecule has 5 aliphatic rings. The first-order valence-electron chi connectivity index (χ1n) is 20.0. The van der Waals surface area contributed by atoms with Crippen molar-refractivity contribution < 1.29 is 38.1 Å². The van der Waals surface area contributed by atoms with E-state index in [9.17, 15) is 19.2 Å². The van der Waals surface area contributed by atoms with E-state index in [1.807, 2.05) is 0 Å². The van der Waals surface area contributed by atoms with E-state index < -0.39 is 42.2 Å². The molecule has 4 saturated carbocycles. The molecular weight excluding hydrogens is 644 g/mol. The molecule has 288 valence electrons. The molecule has 0 spiro atoms. The highest BCUT2D eigenvalue weighted by Gasteiger charge is 2.69. The van der Waals surface area contributed by atoms with Gasteiger partial charge in [-0.25, -0.2) is 0 Å². The summed E-state index contributed by atoms with van der Waals surface area (Å²) in [4.78, 5) is 48.3. The van der Waals surface area contributed by atoms with Gasteiger partial charge in [-0.2, -0.15) is 0 Å². The Morgan fingerprint density at radius 3 is 1.94 bits per heavy atom. The summed E-state index contributed by atoms with van der Waals surface area (Å²) in [5.74, 6) is 1.29. The Labute approximate surface area is 307 Å². The van der Waals surface area contributed by atoms with Crippen molar-refractivity contribution in [2.45, 2.75) is 165 Å². The maximum atomic E-state index is 12.3. The van der Waals surface area contributed by atoms with Crippen molar-refractivity contribution in [2.24, 2.45) is 62.6 Å². The molecule has 8 nitrogen and oxygen atoms in total. The molecule has 0 saturated heterocycles. The topological polar surface area (TPSA) is 105 Å². The van der Waals surface area contributed by atoms with Crippen LogP contribution in [0.4, 0.5) is 0 Å². The van der Waals surface area contributed by atoms with E-state index in [1.54, 1.807) is 0 Å². The molecule has 5 rings (SSSR count). The highest BCUT2D eigenvalue weighted by molar-refractivity contribution is 5.68. The molecule has 0 N–H and O–H groups in total. The average molecular weight is 713 g/mol. The quantitative estimate of drug-likeness (QED) is 0.119. The van der Waals surface area contributed by atoms with Crippen LogP contribution in [0, 0.1) is 62.6 Å². The molecule has 8 heteroatoms. The number of carbonyl (C=O) groups is 4. The lowest BCUT2D eigenvalue weighted by Gasteiger charge is -2.71. The summed E-state index contributed by atoms with van der Waals surface area (Å²) in [6.07, 6.45) is 15.1. The minimum atomic E-state index is -1.11. The second-order valence-electron chi connectivity index (χ2n) is 19.1. The number of rotatable bonds is 11. The van der Waals surface area contributed by atoms with E-state index in [1.165, 1.54) is 85.5 Å². The largest absolute Gasteiger partial charge is 0.462 e. The highest BCUT2D eigenvalue weighted by Crippen LogP contribution is 2.76. The summed E-state index contributed by atoms with van der Waals surface area (Å²) in [7, 11) is 0. The van der Waals surface area contributed by atoms with Crippen LogP contribution < -0.4 is 0 Å². The SMILES string of the molecule is CC(=O)OC[C@@H](OC(C)=O)[C@H](OC(C)=O)[C@@H](CC[C@@H](C)[C@H]1CC[C@@]2(C)[C@@H]1CC[C@]1(C)[C@@H]2CC[C@@H]2[C@@]3(C)CCCC(C)(C)[C@@H]3C=C[C@]21C)OC(C)=O. The molecule has 0 amide bonds. The van der Waals surface area contributed by atoms with Crippen LogP contribution in [0.1, 0.15) is 147 Å². The Morgan fingerprint density at radius 1 is 0.686 bits per heavy atom. The van der Waals surface area contributed by atoms with Crippen LogP contribution in [0.25, 0.3) is 0 Å². The first-order valence-corrected chi connectivity index (χ1v) is 20.0. The monoisotopic (exact) mass is 712 g/mol. The number of allylic oxidation sites excluding steroid dienone is 2. The molecule has 5 aliphatic carbocycles. The zero-order chi connectivity index (χ0) is 37.7. The third-order valence-corrected chi connectivity index (χ3v) is 15.9. The molecule has 13 atom stereocenters. The maximum absolute atomic E-state index is 12.3. The van der Waals surface area contributed by atoms with Crippen molar-refractivity contribution in [2.75, 3.05) is 6.61 Å². The predicted molar refractivity (Wildman–Crippen MR) is 196 cm³/mol. The summed E-state index contributed by atoms with van der Waals surface area (Å²) in [6, 6.07) is 0. The van der Waals surface area contributed by atoms with Crippen molar-refractivity contribution >= 4 is 23.9 Å². The molecule has 51 heavy (non-hydrogen) atoms. The van der Waals surface area contributed by atoms with E-state index in [0.717, 1.165) is 12.3 Å². The fraction of sp³-hybridized carbons (Fsp3) is 0.860. The summed E-state index contributed by atoms with van der Waals surface area (Å²) in [5, 5.41) is 0. The van der Waals surface area contributed by atoms with Gasteiger partial charge in [-0.3, -0.25) is 19.2 Å². The van der Waals surface area contributed by atoms with Crippen molar-refractivity contribution in [3.8, 4) is 0 Å². The lowest BCUT2D eigenvalue weighted by atomic mass is 9.33. The maximum Gasteiger partial charge on any atom is 0.303 e. The van der Waals surface area contributed by atoms with Gasteiger partial charge in [-0.15, -0.1) is 0 Å². The Kier molecular flexibility index (Phi) is 11.3. The summed E-state index contributed by atoms with van der Waals surface area (Å²) >= 11 is 0. The fourth-order valence-corrected chi connectivity index (χ4v) is 13.6. The number of hydrogen-bond acceptors (Lipinski definition) is 8. The lowest BCUT2D eigenvalue weighted by Crippen LogP contribution is -2.64. The van der Waals surface area contributed by atoms with E-state index in [-0.39, 0.29) is 22.9 Å². The first-order chi connectivity index (χ1) is 23.7. The molecular formula is C43H68O8. The van der Waals surface area contributed by atoms with E-state index in [0.29, 0.717) is 46.8 Å². The third kappa shape index (κ3) is 7.16. The van der Waals surface area contributed by atoms with E-state index in [4.69, 9.17) is 18.9 Å². The standard InChI is InChI=1S/C43H68O8/c1-26(13-14-33(49-28(3)45)38(51-30(5)47)34(50-29(4)46)25-48-27(2)44)31-17-22-40(8)32(31)18-23-42(10)36(40)15-16-37-41(9)21-12-20-39(6,7)35(41)19-24-43(37,42)11/h19,24,26,31-38H,12-18,20-23,25H2,1-11H3/t26-,31-,32-,33-,34-,35+,36-,37-,38-,40+,41+,42-,43-/m1/s1. The average Bonchev–Trinajstić information content (AvgIpc) is 3.36. The molecule has 0 radical (unpaired) electrons. The summed E-state index contributed by atoms with van der Waals surface area (Å²) < 4.78 is 22.1. The molecule has 0 aromatic carbocycles. The van der Waals surface area contributed by atoms with Gasteiger partial charge >= 0.3 is 23.9 Å². The zero-order valence-corrected chi connectivity index (χ0v) is 33.6.